The van der Waals surface area contributed by atoms with Crippen molar-refractivity contribution in [1.29, 1.82) is 21.0 Å². The van der Waals surface area contributed by atoms with Crippen molar-refractivity contribution < 1.29 is 0 Å². The number of hydrogen-bond donors (Lipinski definition) is 0. The van der Waals surface area contributed by atoms with Gasteiger partial charge in [-0.2, -0.15) is 21.0 Å². The van der Waals surface area contributed by atoms with E-state index < -0.39 is 10.8 Å². The fourth-order valence-corrected chi connectivity index (χ4v) is 4.55. The summed E-state index contributed by atoms with van der Waals surface area (Å²) in [7, 11) is 0. The smallest absolute Gasteiger partial charge is 0.183 e. The maximum absolute atomic E-state index is 9.65. The molecule has 1 fully saturated rings. The number of allylic oxidation sites excluding steroid dienone is 4. The molecule has 0 saturated heterocycles. The van der Waals surface area contributed by atoms with Gasteiger partial charge in [-0.3, -0.25) is 0 Å². The van der Waals surface area contributed by atoms with E-state index in [1.807, 2.05) is 44.2 Å². The number of rotatable bonds is 0. The molecule has 20 heavy (non-hydrogen) atoms. The van der Waals surface area contributed by atoms with E-state index >= 15 is 0 Å². The Labute approximate surface area is 117 Å². The topological polar surface area (TPSA) is 95.2 Å². The fourth-order valence-electron chi connectivity index (χ4n) is 4.55. The van der Waals surface area contributed by atoms with E-state index in [9.17, 15) is 21.0 Å². The summed E-state index contributed by atoms with van der Waals surface area (Å²) in [6, 6.07) is 8.17. The van der Waals surface area contributed by atoms with Gasteiger partial charge in [-0.1, -0.05) is 23.3 Å². The Morgan fingerprint density at radius 3 is 1.85 bits per heavy atom. The maximum atomic E-state index is 9.65. The highest BCUT2D eigenvalue weighted by atomic mass is 14.7. The predicted molar refractivity (Wildman–Crippen MR) is 68.8 cm³/mol. The molecule has 0 radical (unpaired) electrons. The minimum atomic E-state index is -1.57. The summed E-state index contributed by atoms with van der Waals surface area (Å²) in [5.41, 5.74) is -1.02. The van der Waals surface area contributed by atoms with Gasteiger partial charge in [0.2, 0.25) is 0 Å². The average Bonchev–Trinajstić information content (AvgIpc) is 2.44. The molecule has 0 spiro atoms. The van der Waals surface area contributed by atoms with Gasteiger partial charge in [0.15, 0.2) is 10.8 Å². The molecule has 4 aliphatic rings. The van der Waals surface area contributed by atoms with Crippen molar-refractivity contribution in [3.05, 3.63) is 23.3 Å². The lowest BCUT2D eigenvalue weighted by molar-refractivity contribution is -0.00608. The summed E-state index contributed by atoms with van der Waals surface area (Å²) in [5, 5.41) is 38.6. The van der Waals surface area contributed by atoms with E-state index in [-0.39, 0.29) is 23.7 Å². The minimum absolute atomic E-state index is 0.110. The van der Waals surface area contributed by atoms with Crippen LogP contribution in [0.2, 0.25) is 0 Å². The van der Waals surface area contributed by atoms with E-state index in [0.717, 1.165) is 11.1 Å². The van der Waals surface area contributed by atoms with Crippen molar-refractivity contribution >= 4 is 0 Å². The Morgan fingerprint density at radius 2 is 1.40 bits per heavy atom. The molecule has 4 rings (SSSR count). The van der Waals surface area contributed by atoms with Gasteiger partial charge in [-0.15, -0.1) is 0 Å². The molecule has 4 atom stereocenters. The monoisotopic (exact) mass is 260 g/mol. The molecular formula is C16H12N4. The molecule has 0 unspecified atom stereocenters. The van der Waals surface area contributed by atoms with Crippen LogP contribution in [-0.2, 0) is 0 Å². The molecule has 1 saturated carbocycles. The Kier molecular flexibility index (Phi) is 2.19. The second-order valence-corrected chi connectivity index (χ2v) is 5.99. The predicted octanol–water partition coefficient (Wildman–Crippen LogP) is 2.45. The lowest BCUT2D eigenvalue weighted by Gasteiger charge is -2.61. The van der Waals surface area contributed by atoms with Gasteiger partial charge in [-0.05, 0) is 25.7 Å². The zero-order chi connectivity index (χ0) is 14.7. The molecule has 2 bridgehead atoms. The third kappa shape index (κ3) is 0.943. The molecule has 0 aliphatic heterocycles. The molecule has 96 valence electrons. The second kappa shape index (κ2) is 3.50. The van der Waals surface area contributed by atoms with Crippen LogP contribution in [0.1, 0.15) is 13.8 Å². The van der Waals surface area contributed by atoms with Gasteiger partial charge in [0.1, 0.15) is 0 Å². The molecule has 0 N–H and O–H groups in total. The van der Waals surface area contributed by atoms with Crippen molar-refractivity contribution in [1.82, 2.24) is 0 Å². The molecule has 0 heterocycles. The van der Waals surface area contributed by atoms with Crippen molar-refractivity contribution in [2.45, 2.75) is 13.8 Å². The van der Waals surface area contributed by atoms with E-state index in [1.165, 1.54) is 0 Å². The van der Waals surface area contributed by atoms with Crippen molar-refractivity contribution in [2.75, 3.05) is 0 Å². The number of hydrogen-bond acceptors (Lipinski definition) is 4. The highest BCUT2D eigenvalue weighted by Gasteiger charge is 2.73. The third-order valence-corrected chi connectivity index (χ3v) is 5.39. The van der Waals surface area contributed by atoms with Crippen LogP contribution in [0.4, 0.5) is 0 Å². The Hall–Kier alpha value is -2.56. The van der Waals surface area contributed by atoms with Gasteiger partial charge in [-0.25, -0.2) is 0 Å². The van der Waals surface area contributed by atoms with Gasteiger partial charge in [0.05, 0.1) is 24.3 Å². The Bertz CT molecular complexity index is 700. The lowest BCUT2D eigenvalue weighted by Crippen LogP contribution is -2.63. The van der Waals surface area contributed by atoms with Crippen molar-refractivity contribution in [2.24, 2.45) is 34.5 Å². The summed E-state index contributed by atoms with van der Waals surface area (Å²) >= 11 is 0. The first-order valence-corrected chi connectivity index (χ1v) is 6.54. The highest BCUT2D eigenvalue weighted by molar-refractivity contribution is 5.52. The van der Waals surface area contributed by atoms with Gasteiger partial charge < -0.3 is 0 Å². The maximum Gasteiger partial charge on any atom is 0.183 e. The summed E-state index contributed by atoms with van der Waals surface area (Å²) in [4.78, 5) is 0. The molecule has 4 nitrogen and oxygen atoms in total. The van der Waals surface area contributed by atoms with Crippen LogP contribution in [0.15, 0.2) is 23.3 Å². The van der Waals surface area contributed by atoms with Gasteiger partial charge >= 0.3 is 0 Å². The number of nitriles is 4. The highest BCUT2D eigenvalue weighted by Crippen LogP contribution is 2.69. The van der Waals surface area contributed by atoms with Crippen molar-refractivity contribution in [3.63, 3.8) is 0 Å². The SMILES string of the molecule is CC1=C[C@H]2[C@H]1[C@@H]1C=C(C)[C@@H]2C(C#N)(C#N)C1(C#N)C#N. The molecule has 0 aromatic carbocycles. The van der Waals surface area contributed by atoms with Crippen LogP contribution in [0, 0.1) is 79.8 Å². The molecule has 0 aromatic rings. The first-order valence-electron chi connectivity index (χ1n) is 6.54. The van der Waals surface area contributed by atoms with Gasteiger partial charge in [0.25, 0.3) is 0 Å². The van der Waals surface area contributed by atoms with E-state index in [4.69, 9.17) is 0 Å². The van der Waals surface area contributed by atoms with Crippen LogP contribution in [0.3, 0.4) is 0 Å². The van der Waals surface area contributed by atoms with Crippen LogP contribution in [-0.4, -0.2) is 0 Å². The van der Waals surface area contributed by atoms with Gasteiger partial charge in [0, 0.05) is 11.8 Å². The molecule has 4 heteroatoms. The zero-order valence-electron chi connectivity index (χ0n) is 11.3. The third-order valence-electron chi connectivity index (χ3n) is 5.39. The summed E-state index contributed by atoms with van der Waals surface area (Å²) in [5.74, 6) is -0.482. The van der Waals surface area contributed by atoms with Crippen LogP contribution < -0.4 is 0 Å². The molecule has 4 aliphatic carbocycles. The van der Waals surface area contributed by atoms with E-state index in [0.29, 0.717) is 0 Å². The van der Waals surface area contributed by atoms with Crippen molar-refractivity contribution in [3.8, 4) is 24.3 Å². The van der Waals surface area contributed by atoms with E-state index in [1.54, 1.807) is 0 Å². The molecule has 0 aromatic heterocycles. The number of fused-ring (bicyclic) bond motifs is 1. The Morgan fingerprint density at radius 1 is 0.850 bits per heavy atom. The summed E-state index contributed by atoms with van der Waals surface area (Å²) in [6.07, 6.45) is 4.03. The quantitative estimate of drug-likeness (QED) is 0.625. The minimum Gasteiger partial charge on any atom is -0.196 e. The lowest BCUT2D eigenvalue weighted by atomic mass is 9.36. The standard InChI is InChI=1S/C16H12N4/c1-9-3-11-13(9)12-4-10(2)14(11)16(7-19,8-20)15(12,5-17)6-18/h3-4,11-14H,1-2H3/t11-,12-,13-,14-/m0/s1. The second-order valence-electron chi connectivity index (χ2n) is 5.99. The van der Waals surface area contributed by atoms with E-state index in [2.05, 4.69) is 6.08 Å². The zero-order valence-corrected chi connectivity index (χ0v) is 11.3. The average molecular weight is 260 g/mol. The normalized spacial score (nSPS) is 37.7. The molecule has 0 amide bonds. The van der Waals surface area contributed by atoms with Crippen LogP contribution in [0.5, 0.6) is 0 Å². The summed E-state index contributed by atoms with van der Waals surface area (Å²) in [6.45, 7) is 3.89. The first kappa shape index (κ1) is 12.5. The largest absolute Gasteiger partial charge is 0.196 e. The fraction of sp³-hybridized carbons (Fsp3) is 0.500. The first-order chi connectivity index (χ1) is 9.52. The number of nitrogens with zero attached hydrogens (tertiary/aromatic N) is 4. The summed E-state index contributed by atoms with van der Waals surface area (Å²) < 4.78 is 0. The molecular weight excluding hydrogens is 248 g/mol. The Balaban J connectivity index is 2.37. The van der Waals surface area contributed by atoms with Crippen LogP contribution >= 0.6 is 0 Å². The van der Waals surface area contributed by atoms with Crippen LogP contribution in [0.25, 0.3) is 0 Å².